The van der Waals surface area contributed by atoms with Crippen molar-refractivity contribution in [3.05, 3.63) is 125 Å². The Morgan fingerprint density at radius 1 is 0.717 bits per heavy atom. The summed E-state index contributed by atoms with van der Waals surface area (Å²) in [6, 6.07) is 21.8. The maximum atomic E-state index is 15.4. The second-order valence-electron chi connectivity index (χ2n) is 13.4. The number of sulfonamides is 1. The molecule has 312 valence electrons. The first-order valence-electron chi connectivity index (χ1n) is 17.8. The van der Waals surface area contributed by atoms with Crippen molar-refractivity contribution in [3.63, 3.8) is 0 Å². The molecule has 0 saturated heterocycles. The number of ether oxygens (including phenoxy) is 3. The smallest absolute Gasteiger partial charge is 0.417 e. The molecule has 5 aromatic carbocycles. The Bertz CT molecular complexity index is 2710. The Labute approximate surface area is 338 Å². The number of fused-ring (bicyclic) bond motifs is 1. The monoisotopic (exact) mass is 852 g/mol. The molecule has 0 aliphatic carbocycles. The first-order chi connectivity index (χ1) is 28.5. The molecule has 0 amide bonds. The van der Waals surface area contributed by atoms with Gasteiger partial charge >= 0.3 is 12.4 Å². The molecule has 2 heterocycles. The first-order valence-corrected chi connectivity index (χ1v) is 19.2. The van der Waals surface area contributed by atoms with Crippen LogP contribution < -0.4 is 19.9 Å². The average Bonchev–Trinajstić information content (AvgIpc) is 3.85. The highest BCUT2D eigenvalue weighted by Crippen LogP contribution is 2.47. The molecular weight excluding hydrogens is 819 g/mol. The molecule has 60 heavy (non-hydrogen) atoms. The molecule has 7 aromatic rings. The zero-order chi connectivity index (χ0) is 43.0. The number of imidazole rings is 1. The van der Waals surface area contributed by atoms with Crippen molar-refractivity contribution in [2.24, 2.45) is 0 Å². The number of halogens is 6. The average molecular weight is 853 g/mol. The number of nitrogens with zero attached hydrogens (tertiary/aromatic N) is 6. The maximum absolute atomic E-state index is 15.4. The molecule has 20 heteroatoms. The molecule has 0 aliphatic rings. The van der Waals surface area contributed by atoms with Gasteiger partial charge in [-0.15, -0.1) is 10.2 Å². The van der Waals surface area contributed by atoms with Crippen LogP contribution in [0.1, 0.15) is 27.8 Å². The Morgan fingerprint density at radius 3 is 1.75 bits per heavy atom. The third-order valence-electron chi connectivity index (χ3n) is 9.48. The molecule has 0 saturated carbocycles. The van der Waals surface area contributed by atoms with Gasteiger partial charge in [-0.2, -0.15) is 35.4 Å². The number of benzene rings is 5. The van der Waals surface area contributed by atoms with Crippen molar-refractivity contribution in [3.8, 4) is 39.8 Å². The number of hydrogen-bond acceptors (Lipinski definition) is 10. The number of hydrogen-bond donors (Lipinski definition) is 2. The van der Waals surface area contributed by atoms with Gasteiger partial charge in [0.15, 0.2) is 5.95 Å². The van der Waals surface area contributed by atoms with Gasteiger partial charge in [-0.1, -0.05) is 42.5 Å². The summed E-state index contributed by atoms with van der Waals surface area (Å²) in [6.45, 7) is -1.00. The summed E-state index contributed by atoms with van der Waals surface area (Å²) in [4.78, 5) is 6.36. The minimum atomic E-state index is -5.35. The van der Waals surface area contributed by atoms with Gasteiger partial charge < -0.3 is 24.9 Å². The highest BCUT2D eigenvalue weighted by Gasteiger charge is 2.43. The second-order valence-corrected chi connectivity index (χ2v) is 15.2. The second kappa shape index (κ2) is 16.2. The number of nitrogen functional groups attached to an aromatic ring is 1. The summed E-state index contributed by atoms with van der Waals surface area (Å²) < 4.78 is 137. The third-order valence-corrected chi connectivity index (χ3v) is 11.4. The molecule has 0 atom stereocenters. The molecule has 2 aromatic heterocycles. The summed E-state index contributed by atoms with van der Waals surface area (Å²) in [6.07, 6.45) is -10.3. The topological polar surface area (TPSA) is 163 Å². The van der Waals surface area contributed by atoms with Crippen LogP contribution in [0, 0.1) is 0 Å². The zero-order valence-electron chi connectivity index (χ0n) is 31.8. The number of nitrogens with one attached hydrogen (secondary N) is 1. The van der Waals surface area contributed by atoms with Gasteiger partial charge in [0.2, 0.25) is 15.8 Å². The molecule has 3 N–H and O–H groups in total. The number of rotatable bonds is 13. The highest BCUT2D eigenvalue weighted by molar-refractivity contribution is 7.89. The van der Waals surface area contributed by atoms with Crippen LogP contribution in [0.2, 0.25) is 0 Å². The Hall–Kier alpha value is -6.67. The van der Waals surface area contributed by atoms with Crippen LogP contribution in [0.3, 0.4) is 0 Å². The lowest BCUT2D eigenvalue weighted by molar-refractivity contribution is -0.140. The van der Waals surface area contributed by atoms with E-state index in [1.54, 1.807) is 72.8 Å². The fraction of sp³-hybridized carbons (Fsp3) is 0.200. The summed E-state index contributed by atoms with van der Waals surface area (Å²) >= 11 is 0. The van der Waals surface area contributed by atoms with E-state index >= 15 is 21.6 Å². The Balaban J connectivity index is 1.52. The molecule has 0 unspecified atom stereocenters. The molecule has 7 rings (SSSR count). The van der Waals surface area contributed by atoms with Crippen LogP contribution in [0.4, 0.5) is 32.3 Å². The van der Waals surface area contributed by atoms with E-state index in [4.69, 9.17) is 19.9 Å². The number of aromatic nitrogens is 6. The van der Waals surface area contributed by atoms with Gasteiger partial charge in [0.1, 0.15) is 22.1 Å². The van der Waals surface area contributed by atoms with Crippen LogP contribution in [0.5, 0.6) is 17.2 Å². The number of H-pyrrole nitrogens is 1. The van der Waals surface area contributed by atoms with Crippen molar-refractivity contribution in [2.75, 3.05) is 27.1 Å². The lowest BCUT2D eigenvalue weighted by atomic mass is 9.94. The number of aromatic amines is 1. The van der Waals surface area contributed by atoms with Gasteiger partial charge in [0.05, 0.1) is 55.6 Å². The summed E-state index contributed by atoms with van der Waals surface area (Å²) in [5.74, 6) is 0.474. The van der Waals surface area contributed by atoms with Crippen molar-refractivity contribution in [1.82, 2.24) is 34.5 Å². The largest absolute Gasteiger partial charge is 0.497 e. The van der Waals surface area contributed by atoms with E-state index in [9.17, 15) is 13.2 Å². The van der Waals surface area contributed by atoms with E-state index in [1.807, 2.05) is 0 Å². The van der Waals surface area contributed by atoms with Gasteiger partial charge in [-0.3, -0.25) is 0 Å². The number of tetrazole rings is 1. The van der Waals surface area contributed by atoms with Crippen LogP contribution in [-0.4, -0.2) is 64.2 Å². The summed E-state index contributed by atoms with van der Waals surface area (Å²) in [7, 11) is -1.02. The predicted octanol–water partition coefficient (Wildman–Crippen LogP) is 7.97. The van der Waals surface area contributed by atoms with Crippen LogP contribution >= 0.6 is 0 Å². The van der Waals surface area contributed by atoms with Crippen molar-refractivity contribution < 1.29 is 49.0 Å². The SMILES string of the molecule is COc1ccc(CN(Cc2ccc(OC)cc2)S(=O)(=O)c2c(C(F)(F)F)ccc(-c3cc(C(F)(F)F)cc4[nH]c(N)nc34)c2-c2nnn(Cc3ccc(OC)cc3)n2)cc1. The molecule has 0 aliphatic heterocycles. The predicted molar refractivity (Wildman–Crippen MR) is 207 cm³/mol. The molecule has 13 nitrogen and oxygen atoms in total. The Morgan fingerprint density at radius 2 is 1.25 bits per heavy atom. The van der Waals surface area contributed by atoms with Gasteiger partial charge in [-0.05, 0) is 82.1 Å². The third kappa shape index (κ3) is 8.55. The first kappa shape index (κ1) is 41.5. The number of anilines is 1. The van der Waals surface area contributed by atoms with Crippen LogP contribution in [-0.2, 0) is 42.0 Å². The van der Waals surface area contributed by atoms with Crippen LogP contribution in [0.25, 0.3) is 33.5 Å². The maximum Gasteiger partial charge on any atom is 0.417 e. The zero-order valence-corrected chi connectivity index (χ0v) is 32.7. The highest BCUT2D eigenvalue weighted by atomic mass is 32.2. The molecular formula is C40H34F6N8O5S. The van der Waals surface area contributed by atoms with Crippen molar-refractivity contribution in [1.29, 1.82) is 0 Å². The lowest BCUT2D eigenvalue weighted by Crippen LogP contribution is -2.32. The van der Waals surface area contributed by atoms with E-state index in [0.29, 0.717) is 46.1 Å². The molecule has 0 radical (unpaired) electrons. The number of nitrogens with two attached hydrogens (primary N) is 1. The normalized spacial score (nSPS) is 12.3. The lowest BCUT2D eigenvalue weighted by Gasteiger charge is -2.27. The quantitative estimate of drug-likeness (QED) is 0.109. The number of methoxy groups -OCH3 is 3. The van der Waals surface area contributed by atoms with Crippen molar-refractivity contribution >= 4 is 27.0 Å². The standard InChI is InChI=1S/C40H34F6N8O5S/c1-57-27-10-4-23(5-11-27)20-53(21-24-6-12-28(58-2)13-7-24)60(55,56)36-32(40(44,45)46)17-16-30(31-18-26(39(41,42)43)19-33-35(31)49-38(47)48-33)34(36)37-50-52-54(51-37)22-25-8-14-29(59-3)15-9-25/h4-19H,20-22H2,1-3H3,(H3,47,48,49). The van der Waals surface area contributed by atoms with E-state index in [0.717, 1.165) is 21.2 Å². The molecule has 0 bridgehead atoms. The summed E-state index contributed by atoms with van der Waals surface area (Å²) in [5.41, 5.74) is 2.35. The minimum Gasteiger partial charge on any atom is -0.497 e. The van der Waals surface area contributed by atoms with Crippen molar-refractivity contribution in [2.45, 2.75) is 36.9 Å². The number of alkyl halides is 6. The van der Waals surface area contributed by atoms with E-state index in [2.05, 4.69) is 25.4 Å². The summed E-state index contributed by atoms with van der Waals surface area (Å²) in [5, 5.41) is 12.4. The Kier molecular flexibility index (Phi) is 11.2. The van der Waals surface area contributed by atoms with Crippen LogP contribution in [0.15, 0.2) is 102 Å². The van der Waals surface area contributed by atoms with Gasteiger partial charge in [0, 0.05) is 18.7 Å². The van der Waals surface area contributed by atoms with E-state index in [1.165, 1.54) is 21.3 Å². The fourth-order valence-electron chi connectivity index (χ4n) is 6.55. The van der Waals surface area contributed by atoms with E-state index < -0.39 is 74.0 Å². The molecule has 0 spiro atoms. The van der Waals surface area contributed by atoms with Gasteiger partial charge in [0.25, 0.3) is 0 Å². The molecule has 0 fully saturated rings. The van der Waals surface area contributed by atoms with Gasteiger partial charge in [-0.25, -0.2) is 13.4 Å². The minimum absolute atomic E-state index is 0.0852. The fourth-order valence-corrected chi connectivity index (χ4v) is 8.37. The van der Waals surface area contributed by atoms with E-state index in [-0.39, 0.29) is 23.5 Å².